The van der Waals surface area contributed by atoms with Gasteiger partial charge < -0.3 is 9.47 Å². The van der Waals surface area contributed by atoms with Crippen LogP contribution in [0.5, 0.6) is 0 Å². The number of nitrogens with zero attached hydrogens (tertiary/aromatic N) is 4. The van der Waals surface area contributed by atoms with Crippen LogP contribution in [0, 0.1) is 0 Å². The molecule has 0 radical (unpaired) electrons. The van der Waals surface area contributed by atoms with Crippen LogP contribution in [0.4, 0.5) is 0 Å². The molecule has 6 heteroatoms. The molecule has 26 heavy (non-hydrogen) atoms. The zero-order valence-corrected chi connectivity index (χ0v) is 15.7. The number of amides is 1. The van der Waals surface area contributed by atoms with E-state index in [1.54, 1.807) is 11.8 Å². The molecule has 3 aliphatic rings. The molecule has 2 aromatic rings. The number of rotatable bonds is 6. The first kappa shape index (κ1) is 16.4. The molecular weight excluding hydrogens is 344 g/mol. The Hall–Kier alpha value is -1.82. The van der Waals surface area contributed by atoms with Crippen LogP contribution in [0.1, 0.15) is 67.1 Å². The van der Waals surface area contributed by atoms with Crippen LogP contribution in [0.2, 0.25) is 0 Å². The number of hydrogen-bond donors (Lipinski definition) is 0. The Bertz CT molecular complexity index is 791. The first-order chi connectivity index (χ1) is 12.8. The van der Waals surface area contributed by atoms with Crippen molar-refractivity contribution in [3.63, 3.8) is 0 Å². The van der Waals surface area contributed by atoms with Crippen LogP contribution in [-0.4, -0.2) is 38.7 Å². The van der Waals surface area contributed by atoms with Crippen LogP contribution in [-0.2, 0) is 4.79 Å². The maximum atomic E-state index is 13.2. The number of hydrogen-bond acceptors (Lipinski definition) is 4. The van der Waals surface area contributed by atoms with Crippen LogP contribution in [0.3, 0.4) is 0 Å². The van der Waals surface area contributed by atoms with Gasteiger partial charge in [0.05, 0.1) is 0 Å². The van der Waals surface area contributed by atoms with E-state index in [2.05, 4.69) is 26.9 Å². The molecule has 1 amide bonds. The summed E-state index contributed by atoms with van der Waals surface area (Å²) in [5.41, 5.74) is 1.06. The lowest BCUT2D eigenvalue weighted by Crippen LogP contribution is -2.31. The Balaban J connectivity index is 1.47. The third-order valence-electron chi connectivity index (χ3n) is 5.51. The van der Waals surface area contributed by atoms with Gasteiger partial charge in [0.25, 0.3) is 0 Å². The quantitative estimate of drug-likeness (QED) is 0.725. The summed E-state index contributed by atoms with van der Waals surface area (Å²) in [7, 11) is 0. The van der Waals surface area contributed by atoms with Crippen LogP contribution < -0.4 is 0 Å². The van der Waals surface area contributed by atoms with Gasteiger partial charge >= 0.3 is 0 Å². The predicted octanol–water partition coefficient (Wildman–Crippen LogP) is 3.95. The molecule has 0 N–H and O–H groups in total. The summed E-state index contributed by atoms with van der Waals surface area (Å²) in [5, 5.41) is 9.72. The number of aromatic nitrogens is 3. The van der Waals surface area contributed by atoms with Crippen LogP contribution >= 0.6 is 11.8 Å². The topological polar surface area (TPSA) is 51.0 Å². The summed E-state index contributed by atoms with van der Waals surface area (Å²) in [4.78, 5) is 15.3. The van der Waals surface area contributed by atoms with E-state index in [9.17, 15) is 4.79 Å². The van der Waals surface area contributed by atoms with E-state index in [1.807, 2.05) is 23.1 Å². The van der Waals surface area contributed by atoms with Crippen molar-refractivity contribution < 1.29 is 4.79 Å². The maximum Gasteiger partial charge on any atom is 0.240 e. The maximum absolute atomic E-state index is 13.2. The summed E-state index contributed by atoms with van der Waals surface area (Å²) in [5.74, 6) is 1.95. The van der Waals surface area contributed by atoms with Crippen molar-refractivity contribution in [3.05, 3.63) is 41.7 Å². The molecule has 5 nitrogen and oxygen atoms in total. The van der Waals surface area contributed by atoms with E-state index in [0.717, 1.165) is 42.5 Å². The fraction of sp³-hybridized carbons (Fsp3) is 0.550. The molecule has 2 saturated carbocycles. The molecule has 1 aliphatic heterocycles. The van der Waals surface area contributed by atoms with E-state index >= 15 is 0 Å². The average Bonchev–Trinajstić information content (AvgIpc) is 3.60. The number of likely N-dealkylation sites (tertiary alicyclic amines) is 1. The van der Waals surface area contributed by atoms with E-state index in [0.29, 0.717) is 12.0 Å². The van der Waals surface area contributed by atoms with Gasteiger partial charge in [-0.1, -0.05) is 42.1 Å². The highest BCUT2D eigenvalue weighted by atomic mass is 32.2. The smallest absolute Gasteiger partial charge is 0.240 e. The molecule has 1 unspecified atom stereocenters. The van der Waals surface area contributed by atoms with Crippen molar-refractivity contribution in [2.75, 3.05) is 13.1 Å². The second-order valence-electron chi connectivity index (χ2n) is 7.66. The van der Waals surface area contributed by atoms with Crippen molar-refractivity contribution >= 4 is 17.7 Å². The lowest BCUT2D eigenvalue weighted by Gasteiger charge is -2.23. The number of thioether (sulfide) groups is 1. The van der Waals surface area contributed by atoms with Crippen LogP contribution in [0.25, 0.3) is 0 Å². The summed E-state index contributed by atoms with van der Waals surface area (Å²) in [6, 6.07) is 10.7. The van der Waals surface area contributed by atoms with Gasteiger partial charge in [-0.3, -0.25) is 4.79 Å². The lowest BCUT2D eigenvalue weighted by molar-refractivity contribution is -0.129. The monoisotopic (exact) mass is 368 g/mol. The highest BCUT2D eigenvalue weighted by Gasteiger charge is 2.38. The molecule has 1 aromatic carbocycles. The van der Waals surface area contributed by atoms with Gasteiger partial charge in [-0.15, -0.1) is 10.2 Å². The second kappa shape index (κ2) is 6.72. The second-order valence-corrected chi connectivity index (χ2v) is 8.73. The van der Waals surface area contributed by atoms with Crippen molar-refractivity contribution in [3.8, 4) is 0 Å². The minimum atomic E-state index is -0.233. The van der Waals surface area contributed by atoms with Crippen molar-refractivity contribution in [1.82, 2.24) is 19.7 Å². The van der Waals surface area contributed by atoms with E-state index in [1.165, 1.54) is 25.7 Å². The van der Waals surface area contributed by atoms with Crippen molar-refractivity contribution in [1.29, 1.82) is 0 Å². The van der Waals surface area contributed by atoms with Gasteiger partial charge in [0.1, 0.15) is 11.1 Å². The molecule has 136 valence electrons. The van der Waals surface area contributed by atoms with Crippen molar-refractivity contribution in [2.45, 2.75) is 60.9 Å². The molecular formula is C20H24N4OS. The molecule has 5 rings (SSSR count). The summed E-state index contributed by atoms with van der Waals surface area (Å²) in [6.07, 6.45) is 7.10. The van der Waals surface area contributed by atoms with Crippen molar-refractivity contribution in [2.24, 2.45) is 0 Å². The van der Waals surface area contributed by atoms with Gasteiger partial charge in [-0.05, 0) is 44.1 Å². The Morgan fingerprint density at radius 2 is 1.77 bits per heavy atom. The molecule has 3 fully saturated rings. The molecule has 0 spiro atoms. The zero-order valence-electron chi connectivity index (χ0n) is 14.9. The van der Waals surface area contributed by atoms with E-state index in [-0.39, 0.29) is 11.2 Å². The SMILES string of the molecule is O=C(C(Sc1nnc(C2CC2)n1C1CC1)c1ccccc1)N1CCCC1. The number of carbonyl (C=O) groups excluding carboxylic acids is 1. The normalized spacial score (nSPS) is 21.2. The van der Waals surface area contributed by atoms with E-state index < -0.39 is 0 Å². The Kier molecular flexibility index (Phi) is 4.23. The third-order valence-corrected chi connectivity index (χ3v) is 6.71. The molecule has 1 saturated heterocycles. The average molecular weight is 369 g/mol. The van der Waals surface area contributed by atoms with Gasteiger partial charge in [-0.2, -0.15) is 0 Å². The number of carbonyl (C=O) groups is 1. The largest absolute Gasteiger partial charge is 0.341 e. The molecule has 0 bridgehead atoms. The lowest BCUT2D eigenvalue weighted by atomic mass is 10.1. The molecule has 2 heterocycles. The first-order valence-electron chi connectivity index (χ1n) is 9.76. The summed E-state index contributed by atoms with van der Waals surface area (Å²) >= 11 is 1.60. The molecule has 2 aliphatic carbocycles. The highest BCUT2D eigenvalue weighted by molar-refractivity contribution is 8.00. The van der Waals surface area contributed by atoms with Gasteiger partial charge in [0.2, 0.25) is 5.91 Å². The fourth-order valence-electron chi connectivity index (χ4n) is 3.76. The minimum Gasteiger partial charge on any atom is -0.341 e. The van der Waals surface area contributed by atoms with Gasteiger partial charge in [0.15, 0.2) is 5.16 Å². The molecule has 1 aromatic heterocycles. The summed E-state index contributed by atoms with van der Waals surface area (Å²) < 4.78 is 2.34. The first-order valence-corrected chi connectivity index (χ1v) is 10.6. The van der Waals surface area contributed by atoms with E-state index in [4.69, 9.17) is 0 Å². The summed E-state index contributed by atoms with van der Waals surface area (Å²) in [6.45, 7) is 1.76. The van der Waals surface area contributed by atoms with Gasteiger partial charge in [0, 0.05) is 25.0 Å². The molecule has 1 atom stereocenters. The van der Waals surface area contributed by atoms with Gasteiger partial charge in [-0.25, -0.2) is 0 Å². The standard InChI is InChI=1S/C20H24N4OS/c25-19(23-12-4-5-13-23)17(14-6-2-1-3-7-14)26-20-22-21-18(15-8-9-15)24(20)16-10-11-16/h1-3,6-7,15-17H,4-5,8-13H2. The Morgan fingerprint density at radius 3 is 2.42 bits per heavy atom. The fourth-order valence-corrected chi connectivity index (χ4v) is 4.96. The number of benzene rings is 1. The zero-order chi connectivity index (χ0) is 17.5. The Labute approximate surface area is 158 Å². The predicted molar refractivity (Wildman–Crippen MR) is 101 cm³/mol. The van der Waals surface area contributed by atoms with Crippen LogP contribution in [0.15, 0.2) is 35.5 Å². The minimum absolute atomic E-state index is 0.219. The highest BCUT2D eigenvalue weighted by Crippen LogP contribution is 2.48. The third kappa shape index (κ3) is 3.15. The Morgan fingerprint density at radius 1 is 1.04 bits per heavy atom.